The van der Waals surface area contributed by atoms with Crippen molar-refractivity contribution in [2.45, 2.75) is 66.2 Å². The Labute approximate surface area is 107 Å². The van der Waals surface area contributed by atoms with Crippen LogP contribution >= 0.6 is 0 Å². The summed E-state index contributed by atoms with van der Waals surface area (Å²) < 4.78 is 0. The SMILES string of the molecule is CC/C(=C\CC[C@@H](C)CC=O)CCC=C(C)C. The van der Waals surface area contributed by atoms with Gasteiger partial charge in [0.1, 0.15) is 6.29 Å². The Bertz CT molecular complexity index is 257. The first-order valence-corrected chi connectivity index (χ1v) is 6.85. The minimum Gasteiger partial charge on any atom is -0.303 e. The molecule has 0 aliphatic heterocycles. The van der Waals surface area contributed by atoms with Crippen molar-refractivity contribution in [2.24, 2.45) is 5.92 Å². The van der Waals surface area contributed by atoms with Gasteiger partial charge in [-0.15, -0.1) is 0 Å². The molecule has 0 aromatic rings. The number of aldehydes is 1. The van der Waals surface area contributed by atoms with E-state index in [-0.39, 0.29) is 0 Å². The normalized spacial score (nSPS) is 13.3. The van der Waals surface area contributed by atoms with Crippen molar-refractivity contribution in [2.75, 3.05) is 0 Å². The summed E-state index contributed by atoms with van der Waals surface area (Å²) in [6.07, 6.45) is 12.2. The van der Waals surface area contributed by atoms with Gasteiger partial charge in [-0.1, -0.05) is 37.1 Å². The number of rotatable bonds is 9. The van der Waals surface area contributed by atoms with Crippen LogP contribution in [0.5, 0.6) is 0 Å². The first-order chi connectivity index (χ1) is 8.10. The lowest BCUT2D eigenvalue weighted by molar-refractivity contribution is -0.108. The standard InChI is InChI=1S/C16H28O/c1-5-16(10-6-8-14(2)3)11-7-9-15(4)12-13-17/h8,11,13,15H,5-7,9-10,12H2,1-4H3/b16-11+/t15-/m1/s1. The Hall–Kier alpha value is -0.850. The molecule has 98 valence electrons. The maximum absolute atomic E-state index is 10.4. The molecule has 0 bridgehead atoms. The van der Waals surface area contributed by atoms with E-state index in [0.717, 1.165) is 32.0 Å². The Morgan fingerprint density at radius 1 is 1.18 bits per heavy atom. The van der Waals surface area contributed by atoms with Crippen LogP contribution in [0.3, 0.4) is 0 Å². The highest BCUT2D eigenvalue weighted by atomic mass is 16.1. The van der Waals surface area contributed by atoms with E-state index >= 15 is 0 Å². The molecular weight excluding hydrogens is 208 g/mol. The Kier molecular flexibility index (Phi) is 9.80. The summed E-state index contributed by atoms with van der Waals surface area (Å²) in [5.41, 5.74) is 2.96. The van der Waals surface area contributed by atoms with E-state index in [9.17, 15) is 4.79 Å². The van der Waals surface area contributed by atoms with Gasteiger partial charge in [0, 0.05) is 6.42 Å². The van der Waals surface area contributed by atoms with Crippen molar-refractivity contribution >= 4 is 6.29 Å². The first-order valence-electron chi connectivity index (χ1n) is 6.85. The molecule has 0 radical (unpaired) electrons. The van der Waals surface area contributed by atoms with Gasteiger partial charge < -0.3 is 4.79 Å². The molecule has 0 fully saturated rings. The van der Waals surface area contributed by atoms with Gasteiger partial charge in [0.25, 0.3) is 0 Å². The van der Waals surface area contributed by atoms with Gasteiger partial charge in [0.05, 0.1) is 0 Å². The van der Waals surface area contributed by atoms with Gasteiger partial charge in [-0.05, 0) is 51.9 Å². The second-order valence-electron chi connectivity index (χ2n) is 5.12. The van der Waals surface area contributed by atoms with Crippen LogP contribution < -0.4 is 0 Å². The first kappa shape index (κ1) is 16.1. The molecule has 0 spiro atoms. The fourth-order valence-corrected chi connectivity index (χ4v) is 1.82. The van der Waals surface area contributed by atoms with Gasteiger partial charge in [-0.2, -0.15) is 0 Å². The number of carbonyl (C=O) groups excluding carboxylic acids is 1. The average Bonchev–Trinajstić information content (AvgIpc) is 2.27. The van der Waals surface area contributed by atoms with Crippen LogP contribution in [0.15, 0.2) is 23.3 Å². The van der Waals surface area contributed by atoms with Gasteiger partial charge in [-0.25, -0.2) is 0 Å². The number of hydrogen-bond acceptors (Lipinski definition) is 1. The fourth-order valence-electron chi connectivity index (χ4n) is 1.82. The molecule has 0 aromatic heterocycles. The minimum atomic E-state index is 0.527. The molecule has 1 heteroatoms. The van der Waals surface area contributed by atoms with E-state index in [1.807, 2.05) is 0 Å². The highest BCUT2D eigenvalue weighted by Gasteiger charge is 2.00. The van der Waals surface area contributed by atoms with Crippen LogP contribution in [0.2, 0.25) is 0 Å². The van der Waals surface area contributed by atoms with Crippen LogP contribution in [0.4, 0.5) is 0 Å². The third-order valence-electron chi connectivity index (χ3n) is 3.06. The molecule has 1 atom stereocenters. The summed E-state index contributed by atoms with van der Waals surface area (Å²) in [7, 11) is 0. The zero-order valence-electron chi connectivity index (χ0n) is 12.0. The van der Waals surface area contributed by atoms with Crippen LogP contribution in [0.1, 0.15) is 66.2 Å². The Morgan fingerprint density at radius 3 is 2.41 bits per heavy atom. The van der Waals surface area contributed by atoms with Gasteiger partial charge in [-0.3, -0.25) is 0 Å². The van der Waals surface area contributed by atoms with E-state index in [4.69, 9.17) is 0 Å². The highest BCUT2D eigenvalue weighted by molar-refractivity contribution is 5.49. The van der Waals surface area contributed by atoms with E-state index in [0.29, 0.717) is 12.3 Å². The minimum absolute atomic E-state index is 0.527. The van der Waals surface area contributed by atoms with Gasteiger partial charge in [0.2, 0.25) is 0 Å². The van der Waals surface area contributed by atoms with Crippen molar-refractivity contribution in [3.63, 3.8) is 0 Å². The zero-order valence-corrected chi connectivity index (χ0v) is 12.0. The third kappa shape index (κ3) is 10.0. The molecule has 0 saturated heterocycles. The largest absolute Gasteiger partial charge is 0.303 e. The van der Waals surface area contributed by atoms with E-state index < -0.39 is 0 Å². The molecule has 0 rings (SSSR count). The predicted molar refractivity (Wildman–Crippen MR) is 76.1 cm³/mol. The van der Waals surface area contributed by atoms with Crippen molar-refractivity contribution in [3.8, 4) is 0 Å². The zero-order chi connectivity index (χ0) is 13.1. The van der Waals surface area contributed by atoms with E-state index in [1.165, 1.54) is 12.0 Å². The molecular formula is C16H28O. The van der Waals surface area contributed by atoms with Crippen molar-refractivity contribution in [1.29, 1.82) is 0 Å². The lowest BCUT2D eigenvalue weighted by Gasteiger charge is -2.07. The molecule has 17 heavy (non-hydrogen) atoms. The lowest BCUT2D eigenvalue weighted by atomic mass is 9.99. The Morgan fingerprint density at radius 2 is 1.88 bits per heavy atom. The highest BCUT2D eigenvalue weighted by Crippen LogP contribution is 2.15. The molecule has 0 aliphatic carbocycles. The summed E-state index contributed by atoms with van der Waals surface area (Å²) in [5, 5.41) is 0. The van der Waals surface area contributed by atoms with Gasteiger partial charge >= 0.3 is 0 Å². The number of carbonyl (C=O) groups is 1. The van der Waals surface area contributed by atoms with Crippen LogP contribution in [-0.4, -0.2) is 6.29 Å². The second-order valence-corrected chi connectivity index (χ2v) is 5.12. The number of allylic oxidation sites excluding steroid dienone is 4. The third-order valence-corrected chi connectivity index (χ3v) is 3.06. The fraction of sp³-hybridized carbons (Fsp3) is 0.688. The van der Waals surface area contributed by atoms with Crippen LogP contribution in [-0.2, 0) is 4.79 Å². The predicted octanol–water partition coefficient (Wildman–Crippen LogP) is 5.07. The van der Waals surface area contributed by atoms with Crippen molar-refractivity contribution < 1.29 is 4.79 Å². The average molecular weight is 236 g/mol. The quantitative estimate of drug-likeness (QED) is 0.403. The lowest BCUT2D eigenvalue weighted by Crippen LogP contribution is -1.94. The van der Waals surface area contributed by atoms with Crippen LogP contribution in [0, 0.1) is 5.92 Å². The summed E-state index contributed by atoms with van der Waals surface area (Å²) >= 11 is 0. The summed E-state index contributed by atoms with van der Waals surface area (Å²) in [5.74, 6) is 0.527. The summed E-state index contributed by atoms with van der Waals surface area (Å²) in [4.78, 5) is 10.4. The number of hydrogen-bond donors (Lipinski definition) is 0. The maximum Gasteiger partial charge on any atom is 0.120 e. The van der Waals surface area contributed by atoms with E-state index in [2.05, 4.69) is 39.8 Å². The molecule has 0 saturated carbocycles. The molecule has 1 nitrogen and oxygen atoms in total. The maximum atomic E-state index is 10.4. The molecule has 0 N–H and O–H groups in total. The molecule has 0 aromatic carbocycles. The second kappa shape index (κ2) is 10.3. The molecule has 0 aliphatic rings. The van der Waals surface area contributed by atoms with Crippen molar-refractivity contribution in [1.82, 2.24) is 0 Å². The van der Waals surface area contributed by atoms with Crippen molar-refractivity contribution in [3.05, 3.63) is 23.3 Å². The topological polar surface area (TPSA) is 17.1 Å². The molecule has 0 amide bonds. The van der Waals surface area contributed by atoms with Gasteiger partial charge in [0.15, 0.2) is 0 Å². The van der Waals surface area contributed by atoms with Crippen LogP contribution in [0.25, 0.3) is 0 Å². The molecule has 0 unspecified atom stereocenters. The Balaban J connectivity index is 3.92. The molecule has 0 heterocycles. The summed E-state index contributed by atoms with van der Waals surface area (Å²) in [6, 6.07) is 0. The smallest absolute Gasteiger partial charge is 0.120 e. The van der Waals surface area contributed by atoms with E-state index in [1.54, 1.807) is 5.57 Å². The summed E-state index contributed by atoms with van der Waals surface area (Å²) in [6.45, 7) is 8.67. The monoisotopic (exact) mass is 236 g/mol.